The molecule has 3 heterocycles. The molecule has 2 aliphatic rings. The number of ether oxygens (including phenoxy) is 1. The van der Waals surface area contributed by atoms with Crippen LogP contribution in [0.15, 0.2) is 48.8 Å². The van der Waals surface area contributed by atoms with Gasteiger partial charge in [0.1, 0.15) is 5.75 Å². The molecule has 0 amide bonds. The number of nitrogens with zero attached hydrogens (tertiary/aromatic N) is 2. The van der Waals surface area contributed by atoms with Crippen molar-refractivity contribution in [1.82, 2.24) is 20.7 Å². The topological polar surface area (TPSA) is 49.4 Å². The van der Waals surface area contributed by atoms with Crippen molar-refractivity contribution in [1.29, 1.82) is 0 Å². The summed E-state index contributed by atoms with van der Waals surface area (Å²) in [5, 5.41) is 0. The molecule has 0 saturated carbocycles. The Morgan fingerprint density at radius 2 is 2.08 bits per heavy atom. The van der Waals surface area contributed by atoms with E-state index in [0.29, 0.717) is 18.0 Å². The van der Waals surface area contributed by atoms with Gasteiger partial charge in [0, 0.05) is 37.6 Å². The third-order valence-corrected chi connectivity index (χ3v) is 5.46. The molecule has 2 N–H and O–H groups in total. The zero-order chi connectivity index (χ0) is 17.1. The van der Waals surface area contributed by atoms with Crippen LogP contribution in [0.4, 0.5) is 0 Å². The number of hydrazine groups is 1. The molecule has 5 nitrogen and oxygen atoms in total. The molecular formula is C20H26N4O. The quantitative estimate of drug-likeness (QED) is 0.877. The van der Waals surface area contributed by atoms with Crippen LogP contribution in [0, 0.1) is 5.92 Å². The van der Waals surface area contributed by atoms with Gasteiger partial charge in [-0.25, -0.2) is 0 Å². The predicted octanol–water partition coefficient (Wildman–Crippen LogP) is 2.52. The number of benzene rings is 1. The molecule has 4 rings (SSSR count). The van der Waals surface area contributed by atoms with Gasteiger partial charge < -0.3 is 4.74 Å². The Bertz CT molecular complexity index is 676. The van der Waals surface area contributed by atoms with E-state index in [9.17, 15) is 0 Å². The SMILES string of the molecule is COc1ccc(C2CC(C3CCN(Cc4cccnc4)C3)NN2)cc1. The van der Waals surface area contributed by atoms with E-state index in [1.165, 1.54) is 24.1 Å². The Kier molecular flexibility index (Phi) is 4.97. The maximum absolute atomic E-state index is 5.25. The lowest BCUT2D eigenvalue weighted by atomic mass is 9.93. The first-order chi connectivity index (χ1) is 12.3. The Morgan fingerprint density at radius 1 is 1.20 bits per heavy atom. The Balaban J connectivity index is 1.31. The van der Waals surface area contributed by atoms with E-state index < -0.39 is 0 Å². The molecule has 2 fully saturated rings. The average molecular weight is 338 g/mol. The van der Waals surface area contributed by atoms with Crippen LogP contribution in [-0.2, 0) is 6.54 Å². The zero-order valence-corrected chi connectivity index (χ0v) is 14.7. The van der Waals surface area contributed by atoms with Gasteiger partial charge in [-0.15, -0.1) is 0 Å². The normalized spacial score (nSPS) is 26.8. The smallest absolute Gasteiger partial charge is 0.118 e. The third-order valence-electron chi connectivity index (χ3n) is 5.46. The summed E-state index contributed by atoms with van der Waals surface area (Å²) < 4.78 is 5.25. The molecule has 0 bridgehead atoms. The summed E-state index contributed by atoms with van der Waals surface area (Å²) in [4.78, 5) is 6.77. The van der Waals surface area contributed by atoms with Crippen molar-refractivity contribution in [3.8, 4) is 5.75 Å². The van der Waals surface area contributed by atoms with Crippen LogP contribution in [-0.4, -0.2) is 36.1 Å². The summed E-state index contributed by atoms with van der Waals surface area (Å²) in [6, 6.07) is 13.5. The van der Waals surface area contributed by atoms with Crippen LogP contribution in [0.3, 0.4) is 0 Å². The first kappa shape index (κ1) is 16.5. The number of hydrogen-bond donors (Lipinski definition) is 2. The van der Waals surface area contributed by atoms with E-state index in [1.54, 1.807) is 7.11 Å². The zero-order valence-electron chi connectivity index (χ0n) is 14.7. The van der Waals surface area contributed by atoms with E-state index in [4.69, 9.17) is 4.74 Å². The fourth-order valence-corrected chi connectivity index (χ4v) is 4.03. The van der Waals surface area contributed by atoms with Crippen LogP contribution < -0.4 is 15.6 Å². The second-order valence-electron chi connectivity index (χ2n) is 7.10. The third kappa shape index (κ3) is 3.84. The highest BCUT2D eigenvalue weighted by Gasteiger charge is 2.35. The first-order valence-electron chi connectivity index (χ1n) is 9.08. The number of likely N-dealkylation sites (tertiary alicyclic amines) is 1. The van der Waals surface area contributed by atoms with Crippen molar-refractivity contribution in [3.63, 3.8) is 0 Å². The van der Waals surface area contributed by atoms with Crippen LogP contribution in [0.2, 0.25) is 0 Å². The lowest BCUT2D eigenvalue weighted by molar-refractivity contribution is 0.297. The molecule has 2 aromatic rings. The number of hydrogen-bond acceptors (Lipinski definition) is 5. The van der Waals surface area contributed by atoms with Crippen molar-refractivity contribution < 1.29 is 4.74 Å². The lowest BCUT2D eigenvalue weighted by Gasteiger charge is -2.19. The maximum Gasteiger partial charge on any atom is 0.118 e. The second kappa shape index (κ2) is 7.52. The molecule has 3 unspecified atom stereocenters. The predicted molar refractivity (Wildman–Crippen MR) is 98.0 cm³/mol. The van der Waals surface area contributed by atoms with E-state index in [1.807, 2.05) is 30.6 Å². The van der Waals surface area contributed by atoms with Crippen molar-refractivity contribution >= 4 is 0 Å². The molecule has 132 valence electrons. The Labute approximate surface area is 149 Å². The van der Waals surface area contributed by atoms with Crippen molar-refractivity contribution in [2.75, 3.05) is 20.2 Å². The highest BCUT2D eigenvalue weighted by molar-refractivity contribution is 5.29. The van der Waals surface area contributed by atoms with Crippen LogP contribution in [0.25, 0.3) is 0 Å². The van der Waals surface area contributed by atoms with E-state index in [2.05, 4.69) is 38.9 Å². The minimum atomic E-state index is 0.378. The highest BCUT2D eigenvalue weighted by atomic mass is 16.5. The van der Waals surface area contributed by atoms with Gasteiger partial charge in [0.05, 0.1) is 7.11 Å². The van der Waals surface area contributed by atoms with Gasteiger partial charge in [-0.05, 0) is 54.6 Å². The van der Waals surface area contributed by atoms with Crippen molar-refractivity contribution in [3.05, 3.63) is 59.9 Å². The largest absolute Gasteiger partial charge is 0.497 e. The summed E-state index contributed by atoms with van der Waals surface area (Å²) in [6.07, 6.45) is 6.21. The monoisotopic (exact) mass is 338 g/mol. The van der Waals surface area contributed by atoms with Crippen LogP contribution in [0.5, 0.6) is 5.75 Å². The van der Waals surface area contributed by atoms with Crippen LogP contribution >= 0.6 is 0 Å². The molecule has 5 heteroatoms. The number of methoxy groups -OCH3 is 1. The minimum absolute atomic E-state index is 0.378. The van der Waals surface area contributed by atoms with E-state index in [-0.39, 0.29) is 0 Å². The molecular weight excluding hydrogens is 312 g/mol. The number of nitrogens with one attached hydrogen (secondary N) is 2. The molecule has 1 aromatic carbocycles. The lowest BCUT2D eigenvalue weighted by Crippen LogP contribution is -2.37. The number of aromatic nitrogens is 1. The van der Waals surface area contributed by atoms with Gasteiger partial charge in [-0.1, -0.05) is 18.2 Å². The molecule has 0 spiro atoms. The molecule has 3 atom stereocenters. The molecule has 2 saturated heterocycles. The molecule has 1 aromatic heterocycles. The average Bonchev–Trinajstić information content (AvgIpc) is 3.32. The fraction of sp³-hybridized carbons (Fsp3) is 0.450. The second-order valence-corrected chi connectivity index (χ2v) is 7.10. The summed E-state index contributed by atoms with van der Waals surface area (Å²) in [5.74, 6) is 1.61. The molecule has 0 radical (unpaired) electrons. The van der Waals surface area contributed by atoms with Gasteiger partial charge in [-0.2, -0.15) is 0 Å². The summed E-state index contributed by atoms with van der Waals surface area (Å²) in [5.41, 5.74) is 9.65. The summed E-state index contributed by atoms with van der Waals surface area (Å²) in [7, 11) is 1.71. The fourth-order valence-electron chi connectivity index (χ4n) is 4.03. The maximum atomic E-state index is 5.25. The van der Waals surface area contributed by atoms with E-state index >= 15 is 0 Å². The van der Waals surface area contributed by atoms with Crippen molar-refractivity contribution in [2.45, 2.75) is 31.5 Å². The Hall–Kier alpha value is -1.95. The summed E-state index contributed by atoms with van der Waals surface area (Å²) in [6.45, 7) is 3.33. The number of pyridine rings is 1. The van der Waals surface area contributed by atoms with Gasteiger partial charge >= 0.3 is 0 Å². The molecule has 0 aliphatic carbocycles. The van der Waals surface area contributed by atoms with Gasteiger partial charge in [0.25, 0.3) is 0 Å². The molecule has 2 aliphatic heterocycles. The van der Waals surface area contributed by atoms with Crippen molar-refractivity contribution in [2.24, 2.45) is 5.92 Å². The highest BCUT2D eigenvalue weighted by Crippen LogP contribution is 2.31. The van der Waals surface area contributed by atoms with E-state index in [0.717, 1.165) is 25.3 Å². The van der Waals surface area contributed by atoms with Gasteiger partial charge in [0.2, 0.25) is 0 Å². The standard InChI is InChI=1S/C20H26N4O/c1-25-18-6-4-16(5-7-18)19-11-20(23-22-19)17-8-10-24(14-17)13-15-3-2-9-21-12-15/h2-7,9,12,17,19-20,22-23H,8,10-11,13-14H2,1H3. The van der Waals surface area contributed by atoms with Gasteiger partial charge in [-0.3, -0.25) is 20.7 Å². The Morgan fingerprint density at radius 3 is 2.84 bits per heavy atom. The molecule has 25 heavy (non-hydrogen) atoms. The first-order valence-corrected chi connectivity index (χ1v) is 9.08. The van der Waals surface area contributed by atoms with Gasteiger partial charge in [0.15, 0.2) is 0 Å². The van der Waals surface area contributed by atoms with Crippen LogP contribution in [0.1, 0.15) is 30.0 Å². The summed E-state index contributed by atoms with van der Waals surface area (Å²) >= 11 is 0. The minimum Gasteiger partial charge on any atom is -0.497 e. The number of rotatable bonds is 5.